The third-order valence-corrected chi connectivity index (χ3v) is 3.69. The fourth-order valence-electron chi connectivity index (χ4n) is 2.49. The van der Waals surface area contributed by atoms with Gasteiger partial charge in [0.2, 0.25) is 5.15 Å². The fourth-order valence-corrected chi connectivity index (χ4v) is 2.71. The summed E-state index contributed by atoms with van der Waals surface area (Å²) in [5.41, 5.74) is -0.515. The second kappa shape index (κ2) is 6.82. The molecule has 1 aliphatic rings. The average molecular weight is 313 g/mol. The third kappa shape index (κ3) is 3.89. The Morgan fingerprint density at radius 3 is 2.86 bits per heavy atom. The molecule has 0 spiro atoms. The molecule has 0 bridgehead atoms. The fraction of sp³-hybridized carbons (Fsp3) is 0.538. The molecule has 1 fully saturated rings. The molecule has 0 aliphatic carbocycles. The van der Waals surface area contributed by atoms with Gasteiger partial charge in [0, 0.05) is 18.8 Å². The molecule has 1 N–H and O–H groups in total. The standard InChI is InChI=1S/C13H17ClN4O3/c1-9(8-17-6-2-3-7-17)16-13(19)10-4-5-15-12(14)11(10)18(20)21/h4-5,9H,2-3,6-8H2,1H3,(H,16,19). The molecule has 21 heavy (non-hydrogen) atoms. The van der Waals surface area contributed by atoms with Crippen LogP contribution in [0.2, 0.25) is 5.15 Å². The lowest BCUT2D eigenvalue weighted by molar-refractivity contribution is -0.385. The Balaban J connectivity index is 2.06. The number of likely N-dealkylation sites (tertiary alicyclic amines) is 1. The number of pyridine rings is 1. The molecule has 2 rings (SSSR count). The summed E-state index contributed by atoms with van der Waals surface area (Å²) in [6.45, 7) is 4.67. The van der Waals surface area contributed by atoms with E-state index in [1.54, 1.807) is 0 Å². The summed E-state index contributed by atoms with van der Waals surface area (Å²) in [7, 11) is 0. The molecule has 2 heterocycles. The van der Waals surface area contributed by atoms with Gasteiger partial charge in [-0.05, 0) is 38.9 Å². The molecule has 1 atom stereocenters. The zero-order valence-electron chi connectivity index (χ0n) is 11.7. The number of hydrogen-bond acceptors (Lipinski definition) is 5. The number of hydrogen-bond donors (Lipinski definition) is 1. The SMILES string of the molecule is CC(CN1CCCC1)NC(=O)c1ccnc(Cl)c1[N+](=O)[O-]. The van der Waals surface area contributed by atoms with Gasteiger partial charge in [-0.2, -0.15) is 0 Å². The van der Waals surface area contributed by atoms with Gasteiger partial charge in [-0.15, -0.1) is 0 Å². The number of nitrogens with one attached hydrogen (secondary N) is 1. The highest BCUT2D eigenvalue weighted by Crippen LogP contribution is 2.25. The summed E-state index contributed by atoms with van der Waals surface area (Å²) in [4.78, 5) is 28.4. The quantitative estimate of drug-likeness (QED) is 0.509. The van der Waals surface area contributed by atoms with E-state index in [0.29, 0.717) is 0 Å². The van der Waals surface area contributed by atoms with E-state index in [1.807, 2.05) is 6.92 Å². The Hall–Kier alpha value is -1.73. The normalized spacial score (nSPS) is 16.7. The van der Waals surface area contributed by atoms with Crippen molar-refractivity contribution in [3.63, 3.8) is 0 Å². The molecule has 1 aliphatic heterocycles. The number of aromatic nitrogens is 1. The maximum Gasteiger partial charge on any atom is 0.319 e. The number of nitrogens with zero attached hydrogens (tertiary/aromatic N) is 3. The van der Waals surface area contributed by atoms with Crippen LogP contribution < -0.4 is 5.32 Å². The Bertz CT molecular complexity index is 546. The van der Waals surface area contributed by atoms with Crippen LogP contribution in [0, 0.1) is 10.1 Å². The molecule has 1 aromatic heterocycles. The second-order valence-corrected chi connectivity index (χ2v) is 5.50. The van der Waals surface area contributed by atoms with Crippen LogP contribution in [-0.4, -0.2) is 46.4 Å². The lowest BCUT2D eigenvalue weighted by Crippen LogP contribution is -2.41. The van der Waals surface area contributed by atoms with E-state index < -0.39 is 16.5 Å². The van der Waals surface area contributed by atoms with Gasteiger partial charge in [0.15, 0.2) is 0 Å². The Kier molecular flexibility index (Phi) is 5.08. The average Bonchev–Trinajstić information content (AvgIpc) is 2.90. The van der Waals surface area contributed by atoms with E-state index in [9.17, 15) is 14.9 Å². The summed E-state index contributed by atoms with van der Waals surface area (Å²) >= 11 is 5.70. The number of amides is 1. The first-order valence-electron chi connectivity index (χ1n) is 6.81. The van der Waals surface area contributed by atoms with Crippen molar-refractivity contribution in [3.05, 3.63) is 33.1 Å². The molecule has 114 valence electrons. The summed E-state index contributed by atoms with van der Waals surface area (Å²) < 4.78 is 0. The van der Waals surface area contributed by atoms with Gasteiger partial charge in [-0.3, -0.25) is 14.9 Å². The summed E-state index contributed by atoms with van der Waals surface area (Å²) in [6, 6.07) is 1.21. The molecule has 0 saturated carbocycles. The second-order valence-electron chi connectivity index (χ2n) is 5.14. The van der Waals surface area contributed by atoms with Crippen molar-refractivity contribution in [2.75, 3.05) is 19.6 Å². The minimum atomic E-state index is -0.685. The van der Waals surface area contributed by atoms with Crippen molar-refractivity contribution in [3.8, 4) is 0 Å². The Morgan fingerprint density at radius 2 is 2.24 bits per heavy atom. The van der Waals surface area contributed by atoms with E-state index in [4.69, 9.17) is 11.6 Å². The maximum absolute atomic E-state index is 12.2. The molecule has 0 aromatic carbocycles. The topological polar surface area (TPSA) is 88.4 Å². The molecule has 8 heteroatoms. The molecule has 1 aromatic rings. The smallest absolute Gasteiger partial charge is 0.319 e. The Morgan fingerprint density at radius 1 is 1.57 bits per heavy atom. The molecule has 1 amide bonds. The van der Waals surface area contributed by atoms with Crippen molar-refractivity contribution in [1.29, 1.82) is 0 Å². The van der Waals surface area contributed by atoms with Gasteiger partial charge in [-0.1, -0.05) is 11.6 Å². The summed E-state index contributed by atoms with van der Waals surface area (Å²) in [6.07, 6.45) is 3.63. The molecule has 1 saturated heterocycles. The first-order chi connectivity index (χ1) is 9.99. The van der Waals surface area contributed by atoms with Crippen molar-refractivity contribution in [2.24, 2.45) is 0 Å². The lowest BCUT2D eigenvalue weighted by atomic mass is 10.2. The van der Waals surface area contributed by atoms with Crippen LogP contribution in [0.4, 0.5) is 5.69 Å². The minimum absolute atomic E-state index is 0.0618. The maximum atomic E-state index is 12.2. The highest BCUT2D eigenvalue weighted by molar-refractivity contribution is 6.32. The monoisotopic (exact) mass is 312 g/mol. The van der Waals surface area contributed by atoms with Gasteiger partial charge in [0.05, 0.1) is 4.92 Å². The zero-order chi connectivity index (χ0) is 15.4. The van der Waals surface area contributed by atoms with E-state index in [-0.39, 0.29) is 16.8 Å². The van der Waals surface area contributed by atoms with Crippen LogP contribution in [0.3, 0.4) is 0 Å². The van der Waals surface area contributed by atoms with Gasteiger partial charge in [0.1, 0.15) is 5.56 Å². The van der Waals surface area contributed by atoms with Crippen LogP contribution in [0.15, 0.2) is 12.3 Å². The number of nitro groups is 1. The van der Waals surface area contributed by atoms with Crippen LogP contribution in [0.5, 0.6) is 0 Å². The van der Waals surface area contributed by atoms with Gasteiger partial charge < -0.3 is 10.2 Å². The molecular formula is C13H17ClN4O3. The van der Waals surface area contributed by atoms with Crippen molar-refractivity contribution in [2.45, 2.75) is 25.8 Å². The lowest BCUT2D eigenvalue weighted by Gasteiger charge is -2.21. The first kappa shape index (κ1) is 15.7. The van der Waals surface area contributed by atoms with E-state index in [0.717, 1.165) is 19.6 Å². The van der Waals surface area contributed by atoms with E-state index in [1.165, 1.54) is 25.1 Å². The molecule has 7 nitrogen and oxygen atoms in total. The van der Waals surface area contributed by atoms with Gasteiger partial charge in [-0.25, -0.2) is 4.98 Å². The minimum Gasteiger partial charge on any atom is -0.348 e. The predicted molar refractivity (Wildman–Crippen MR) is 78.5 cm³/mol. The van der Waals surface area contributed by atoms with Crippen molar-refractivity contribution >= 4 is 23.2 Å². The molecule has 1 unspecified atom stereocenters. The highest BCUT2D eigenvalue weighted by atomic mass is 35.5. The third-order valence-electron chi connectivity index (χ3n) is 3.42. The highest BCUT2D eigenvalue weighted by Gasteiger charge is 2.26. The number of halogens is 1. The number of rotatable bonds is 5. The molecular weight excluding hydrogens is 296 g/mol. The number of carbonyl (C=O) groups excluding carboxylic acids is 1. The zero-order valence-corrected chi connectivity index (χ0v) is 12.5. The summed E-state index contributed by atoms with van der Waals surface area (Å²) in [5, 5.41) is 13.5. The van der Waals surface area contributed by atoms with Crippen LogP contribution >= 0.6 is 11.6 Å². The van der Waals surface area contributed by atoms with E-state index >= 15 is 0 Å². The number of carbonyl (C=O) groups is 1. The van der Waals surface area contributed by atoms with Crippen molar-refractivity contribution < 1.29 is 9.72 Å². The van der Waals surface area contributed by atoms with E-state index in [2.05, 4.69) is 15.2 Å². The van der Waals surface area contributed by atoms with Crippen LogP contribution in [0.25, 0.3) is 0 Å². The van der Waals surface area contributed by atoms with Crippen LogP contribution in [-0.2, 0) is 0 Å². The molecule has 0 radical (unpaired) electrons. The predicted octanol–water partition coefficient (Wildman–Crippen LogP) is 1.86. The summed E-state index contributed by atoms with van der Waals surface area (Å²) in [5.74, 6) is -0.502. The van der Waals surface area contributed by atoms with Gasteiger partial charge in [0.25, 0.3) is 5.91 Å². The first-order valence-corrected chi connectivity index (χ1v) is 7.19. The van der Waals surface area contributed by atoms with Crippen LogP contribution in [0.1, 0.15) is 30.1 Å². The Labute approximate surface area is 127 Å². The largest absolute Gasteiger partial charge is 0.348 e. The van der Waals surface area contributed by atoms with Gasteiger partial charge >= 0.3 is 5.69 Å². The van der Waals surface area contributed by atoms with Crippen molar-refractivity contribution in [1.82, 2.24) is 15.2 Å².